The molecular formula is C26H33NO6. The van der Waals surface area contributed by atoms with Crippen LogP contribution in [0.3, 0.4) is 0 Å². The van der Waals surface area contributed by atoms with Gasteiger partial charge in [-0.25, -0.2) is 4.79 Å². The Morgan fingerprint density at radius 2 is 1.97 bits per heavy atom. The first kappa shape index (κ1) is 24.6. The van der Waals surface area contributed by atoms with E-state index in [1.54, 1.807) is 0 Å². The molecule has 0 bridgehead atoms. The molecule has 0 fully saturated rings. The zero-order valence-electron chi connectivity index (χ0n) is 20.2. The van der Waals surface area contributed by atoms with E-state index in [-0.39, 0.29) is 17.8 Å². The van der Waals surface area contributed by atoms with Crippen molar-refractivity contribution in [2.24, 2.45) is 11.8 Å². The summed E-state index contributed by atoms with van der Waals surface area (Å²) < 4.78 is 16.3. The van der Waals surface area contributed by atoms with Crippen LogP contribution in [-0.2, 0) is 23.9 Å². The highest BCUT2D eigenvalue weighted by Crippen LogP contribution is 2.46. The van der Waals surface area contributed by atoms with Gasteiger partial charge in [0.15, 0.2) is 5.78 Å². The van der Waals surface area contributed by atoms with Gasteiger partial charge in [0.25, 0.3) is 0 Å². The van der Waals surface area contributed by atoms with Gasteiger partial charge in [0.05, 0.1) is 25.4 Å². The molecule has 7 nitrogen and oxygen atoms in total. The van der Waals surface area contributed by atoms with E-state index in [4.69, 9.17) is 14.2 Å². The third-order valence-corrected chi connectivity index (χ3v) is 6.35. The number of allylic oxidation sites excluding steroid dienone is 3. The van der Waals surface area contributed by atoms with E-state index in [9.17, 15) is 14.4 Å². The average molecular weight is 456 g/mol. The fraction of sp³-hybridized carbons (Fsp3) is 0.500. The molecule has 0 radical (unpaired) electrons. The number of dihydropyridines is 1. The van der Waals surface area contributed by atoms with Crippen molar-refractivity contribution in [1.29, 1.82) is 0 Å². The second-order valence-corrected chi connectivity index (χ2v) is 8.67. The molecule has 1 aromatic carbocycles. The Balaban J connectivity index is 2.17. The van der Waals surface area contributed by atoms with Crippen molar-refractivity contribution in [3.8, 4) is 5.75 Å². The van der Waals surface area contributed by atoms with E-state index >= 15 is 0 Å². The van der Waals surface area contributed by atoms with Crippen molar-refractivity contribution in [1.82, 2.24) is 5.32 Å². The molecule has 33 heavy (non-hydrogen) atoms. The van der Waals surface area contributed by atoms with E-state index in [0.717, 1.165) is 11.3 Å². The summed E-state index contributed by atoms with van der Waals surface area (Å²) in [6.07, 6.45) is 0.895. The van der Waals surface area contributed by atoms with Crippen LogP contribution in [0.2, 0.25) is 0 Å². The smallest absolute Gasteiger partial charge is 0.337 e. The number of hydrogen-bond acceptors (Lipinski definition) is 7. The van der Waals surface area contributed by atoms with Crippen molar-refractivity contribution in [3.05, 3.63) is 52.4 Å². The maximum Gasteiger partial charge on any atom is 0.337 e. The number of esters is 2. The molecule has 1 aromatic rings. The fourth-order valence-corrected chi connectivity index (χ4v) is 4.56. The van der Waals surface area contributed by atoms with Crippen molar-refractivity contribution >= 4 is 17.7 Å². The van der Waals surface area contributed by atoms with Crippen LogP contribution in [0, 0.1) is 11.8 Å². The summed E-state index contributed by atoms with van der Waals surface area (Å²) in [7, 11) is 1.29. The SMILES string of the molecule is CCOc1cccc([C@@H]2C(C(=O)O[C@H](C)CC)=C(C)NC3=C2C(=O)[C@@H](C(=O)OC)[C@H](C)C3)c1. The summed E-state index contributed by atoms with van der Waals surface area (Å²) in [5, 5.41) is 3.27. The molecule has 1 heterocycles. The molecule has 0 amide bonds. The minimum absolute atomic E-state index is 0.229. The largest absolute Gasteiger partial charge is 0.494 e. The Morgan fingerprint density at radius 1 is 1.24 bits per heavy atom. The minimum atomic E-state index is -0.918. The first-order chi connectivity index (χ1) is 15.7. The topological polar surface area (TPSA) is 90.9 Å². The molecule has 1 N–H and O–H groups in total. The molecular weight excluding hydrogens is 422 g/mol. The average Bonchev–Trinajstić information content (AvgIpc) is 2.78. The van der Waals surface area contributed by atoms with Crippen LogP contribution in [0.4, 0.5) is 0 Å². The molecule has 4 atom stereocenters. The lowest BCUT2D eigenvalue weighted by atomic mass is 9.69. The van der Waals surface area contributed by atoms with E-state index in [1.807, 2.05) is 58.9 Å². The Kier molecular flexibility index (Phi) is 7.61. The molecule has 0 saturated carbocycles. The molecule has 0 unspecified atom stereocenters. The number of carbonyl (C=O) groups is 3. The summed E-state index contributed by atoms with van der Waals surface area (Å²) in [6.45, 7) is 9.83. The van der Waals surface area contributed by atoms with E-state index in [2.05, 4.69) is 5.32 Å². The first-order valence-electron chi connectivity index (χ1n) is 11.5. The predicted molar refractivity (Wildman–Crippen MR) is 123 cm³/mol. The molecule has 178 valence electrons. The van der Waals surface area contributed by atoms with Crippen LogP contribution in [0.25, 0.3) is 0 Å². The summed E-state index contributed by atoms with van der Waals surface area (Å²) in [6, 6.07) is 7.38. The first-order valence-corrected chi connectivity index (χ1v) is 11.5. The highest BCUT2D eigenvalue weighted by molar-refractivity contribution is 6.12. The summed E-state index contributed by atoms with van der Waals surface area (Å²) in [5.41, 5.74) is 2.90. The third-order valence-electron chi connectivity index (χ3n) is 6.35. The maximum absolute atomic E-state index is 13.7. The number of rotatable bonds is 7. The highest BCUT2D eigenvalue weighted by Gasteiger charge is 2.47. The summed E-state index contributed by atoms with van der Waals surface area (Å²) >= 11 is 0. The molecule has 0 spiro atoms. The van der Waals surface area contributed by atoms with Gasteiger partial charge in [-0.2, -0.15) is 0 Å². The molecule has 0 saturated heterocycles. The van der Waals surface area contributed by atoms with Gasteiger partial charge in [-0.3, -0.25) is 9.59 Å². The van der Waals surface area contributed by atoms with Crippen molar-refractivity contribution < 1.29 is 28.6 Å². The predicted octanol–water partition coefficient (Wildman–Crippen LogP) is 4.04. The Morgan fingerprint density at radius 3 is 2.61 bits per heavy atom. The van der Waals surface area contributed by atoms with Crippen molar-refractivity contribution in [2.75, 3.05) is 13.7 Å². The van der Waals surface area contributed by atoms with Gasteiger partial charge >= 0.3 is 11.9 Å². The molecule has 1 aliphatic carbocycles. The number of benzene rings is 1. The number of ketones is 1. The van der Waals surface area contributed by atoms with E-state index < -0.39 is 23.8 Å². The Hall–Kier alpha value is -3.09. The second kappa shape index (κ2) is 10.2. The van der Waals surface area contributed by atoms with Crippen LogP contribution < -0.4 is 10.1 Å². The van der Waals surface area contributed by atoms with Gasteiger partial charge in [0.2, 0.25) is 0 Å². The Bertz CT molecular complexity index is 1010. The summed E-state index contributed by atoms with van der Waals surface area (Å²) in [5.74, 6) is -2.54. The van der Waals surface area contributed by atoms with E-state index in [1.165, 1.54) is 7.11 Å². The minimum Gasteiger partial charge on any atom is -0.494 e. The van der Waals surface area contributed by atoms with Crippen LogP contribution in [-0.4, -0.2) is 37.5 Å². The van der Waals surface area contributed by atoms with Gasteiger partial charge in [-0.05, 0) is 57.2 Å². The zero-order chi connectivity index (χ0) is 24.3. The Labute approximate surface area is 195 Å². The molecule has 0 aromatic heterocycles. The van der Waals surface area contributed by atoms with Crippen molar-refractivity contribution in [3.63, 3.8) is 0 Å². The lowest BCUT2D eigenvalue weighted by Crippen LogP contribution is -2.43. The fourth-order valence-electron chi connectivity index (χ4n) is 4.56. The number of hydrogen-bond donors (Lipinski definition) is 1. The van der Waals surface area contributed by atoms with Crippen LogP contribution in [0.5, 0.6) is 5.75 Å². The molecule has 3 rings (SSSR count). The summed E-state index contributed by atoms with van der Waals surface area (Å²) in [4.78, 5) is 39.5. The quantitative estimate of drug-likeness (QED) is 0.490. The second-order valence-electron chi connectivity index (χ2n) is 8.67. The van der Waals surface area contributed by atoms with Gasteiger partial charge in [0, 0.05) is 22.9 Å². The number of Topliss-reactive ketones (excluding diaryl/α,β-unsaturated/α-hetero) is 1. The monoisotopic (exact) mass is 455 g/mol. The van der Waals surface area contributed by atoms with Gasteiger partial charge in [0.1, 0.15) is 11.7 Å². The molecule has 1 aliphatic heterocycles. The lowest BCUT2D eigenvalue weighted by Gasteiger charge is -2.38. The van der Waals surface area contributed by atoms with Gasteiger partial charge < -0.3 is 19.5 Å². The molecule has 7 heteroatoms. The maximum atomic E-state index is 13.7. The normalized spacial score (nSPS) is 23.5. The lowest BCUT2D eigenvalue weighted by molar-refractivity contribution is -0.151. The van der Waals surface area contributed by atoms with E-state index in [0.29, 0.717) is 42.0 Å². The number of carbonyl (C=O) groups excluding carboxylic acids is 3. The van der Waals surface area contributed by atoms with Crippen LogP contribution >= 0.6 is 0 Å². The zero-order valence-corrected chi connectivity index (χ0v) is 20.2. The van der Waals surface area contributed by atoms with Crippen LogP contribution in [0.15, 0.2) is 46.8 Å². The molecule has 2 aliphatic rings. The highest BCUT2D eigenvalue weighted by atomic mass is 16.5. The van der Waals surface area contributed by atoms with Crippen molar-refractivity contribution in [2.45, 2.75) is 59.5 Å². The third kappa shape index (κ3) is 4.82. The standard InChI is InChI=1S/C26H33NO6/c1-7-15(4)33-26(30)21-16(5)27-19-12-14(3)20(25(29)31-6)24(28)23(19)22(21)17-10-9-11-18(13-17)32-8-2/h9-11,13-15,20,22,27H,7-8,12H2,1-6H3/t14-,15-,20+,22-/m1/s1. The number of nitrogens with one attached hydrogen (secondary N) is 1. The number of methoxy groups -OCH3 is 1. The number of ether oxygens (including phenoxy) is 3. The van der Waals surface area contributed by atoms with Gasteiger partial charge in [-0.15, -0.1) is 0 Å². The van der Waals surface area contributed by atoms with Crippen LogP contribution in [0.1, 0.15) is 58.9 Å². The van der Waals surface area contributed by atoms with Gasteiger partial charge in [-0.1, -0.05) is 26.0 Å².